The molecule has 1 heterocycles. The Morgan fingerprint density at radius 3 is 2.24 bits per heavy atom. The molecular weight excluding hydrogens is 460 g/mol. The number of hydrogen-bond donors (Lipinski definition) is 3. The van der Waals surface area contributed by atoms with Gasteiger partial charge in [-0.2, -0.15) is 0 Å². The number of rotatable bonds is 10. The van der Waals surface area contributed by atoms with E-state index < -0.39 is 0 Å². The Bertz CT molecular complexity index is 1130. The zero-order valence-electron chi connectivity index (χ0n) is 21.7. The number of unbranched alkanes of at least 4 members (excludes halogenated alkanes) is 1. The van der Waals surface area contributed by atoms with Crippen molar-refractivity contribution in [1.29, 1.82) is 0 Å². The van der Waals surface area contributed by atoms with Gasteiger partial charge < -0.3 is 16.0 Å². The van der Waals surface area contributed by atoms with Crippen LogP contribution in [0.5, 0.6) is 0 Å². The van der Waals surface area contributed by atoms with Gasteiger partial charge in [0, 0.05) is 24.3 Å². The fourth-order valence-electron chi connectivity index (χ4n) is 4.93. The van der Waals surface area contributed by atoms with Gasteiger partial charge in [0.15, 0.2) is 0 Å². The molecule has 1 saturated heterocycles. The number of nitrogens with one attached hydrogen (secondary N) is 3. The van der Waals surface area contributed by atoms with E-state index in [9.17, 15) is 9.59 Å². The number of urea groups is 1. The highest BCUT2D eigenvalue weighted by Gasteiger charge is 2.28. The molecule has 6 nitrogen and oxygen atoms in total. The van der Waals surface area contributed by atoms with Crippen molar-refractivity contribution in [2.75, 3.05) is 31.5 Å². The first-order valence-electron chi connectivity index (χ1n) is 13.4. The van der Waals surface area contributed by atoms with E-state index in [0.29, 0.717) is 24.6 Å². The lowest BCUT2D eigenvalue weighted by Crippen LogP contribution is -2.40. The second-order valence-corrected chi connectivity index (χ2v) is 9.73. The second-order valence-electron chi connectivity index (χ2n) is 9.73. The maximum Gasteiger partial charge on any atom is 0.319 e. The number of carbonyl (C=O) groups excluding carboxylic acids is 2. The van der Waals surface area contributed by atoms with Crippen LogP contribution >= 0.6 is 0 Å². The summed E-state index contributed by atoms with van der Waals surface area (Å²) < 4.78 is 0. The van der Waals surface area contributed by atoms with Crippen LogP contribution in [0.1, 0.15) is 60.1 Å². The summed E-state index contributed by atoms with van der Waals surface area (Å²) in [5.74, 6) is 0.452. The summed E-state index contributed by atoms with van der Waals surface area (Å²) in [7, 11) is 0. The van der Waals surface area contributed by atoms with Crippen molar-refractivity contribution in [1.82, 2.24) is 15.5 Å². The number of anilines is 1. The van der Waals surface area contributed by atoms with Gasteiger partial charge in [-0.25, -0.2) is 4.79 Å². The Hall–Kier alpha value is -3.64. The van der Waals surface area contributed by atoms with Gasteiger partial charge in [0.25, 0.3) is 5.91 Å². The number of hydrogen-bond acceptors (Lipinski definition) is 3. The average molecular weight is 499 g/mol. The molecule has 4 rings (SSSR count). The molecule has 0 aromatic heterocycles. The topological polar surface area (TPSA) is 73.5 Å². The zero-order chi connectivity index (χ0) is 25.9. The Kier molecular flexibility index (Phi) is 9.72. The minimum absolute atomic E-state index is 0.00626. The smallest absolute Gasteiger partial charge is 0.319 e. The SMILES string of the molecule is CCCCNC(=O)Nc1cccc(C(c2ccccc2)N2CCC(CNC(=O)c3ccccc3)CC2)c1. The van der Waals surface area contributed by atoms with Crippen LogP contribution in [0, 0.1) is 5.92 Å². The summed E-state index contributed by atoms with van der Waals surface area (Å²) in [4.78, 5) is 27.3. The fraction of sp³-hybridized carbons (Fsp3) is 0.355. The molecule has 1 unspecified atom stereocenters. The van der Waals surface area contributed by atoms with E-state index in [4.69, 9.17) is 0 Å². The highest BCUT2D eigenvalue weighted by molar-refractivity contribution is 5.94. The average Bonchev–Trinajstić information content (AvgIpc) is 2.94. The summed E-state index contributed by atoms with van der Waals surface area (Å²) in [5.41, 5.74) is 3.90. The van der Waals surface area contributed by atoms with E-state index in [-0.39, 0.29) is 18.0 Å². The molecule has 1 aliphatic rings. The third kappa shape index (κ3) is 7.67. The predicted octanol–water partition coefficient (Wildman–Crippen LogP) is 5.84. The van der Waals surface area contributed by atoms with Crippen LogP contribution < -0.4 is 16.0 Å². The molecule has 194 valence electrons. The summed E-state index contributed by atoms with van der Waals surface area (Å²) >= 11 is 0. The Morgan fingerprint density at radius 2 is 1.54 bits per heavy atom. The molecule has 3 amide bonds. The normalized spacial score (nSPS) is 15.1. The molecule has 0 spiro atoms. The quantitative estimate of drug-likeness (QED) is 0.308. The van der Waals surface area contributed by atoms with Crippen molar-refractivity contribution >= 4 is 17.6 Å². The van der Waals surface area contributed by atoms with E-state index in [1.165, 1.54) is 5.56 Å². The van der Waals surface area contributed by atoms with Crippen molar-refractivity contribution < 1.29 is 9.59 Å². The minimum atomic E-state index is -0.166. The minimum Gasteiger partial charge on any atom is -0.352 e. The molecule has 0 radical (unpaired) electrons. The molecule has 0 saturated carbocycles. The summed E-state index contributed by atoms with van der Waals surface area (Å²) in [6.07, 6.45) is 4.06. The number of nitrogens with zero attached hydrogens (tertiary/aromatic N) is 1. The first-order chi connectivity index (χ1) is 18.1. The molecule has 3 N–H and O–H groups in total. The van der Waals surface area contributed by atoms with Crippen molar-refractivity contribution in [3.8, 4) is 0 Å². The molecule has 0 aliphatic carbocycles. The molecule has 0 bridgehead atoms. The molecular formula is C31H38N4O2. The first kappa shape index (κ1) is 26.4. The van der Waals surface area contributed by atoms with Gasteiger partial charge >= 0.3 is 6.03 Å². The zero-order valence-corrected chi connectivity index (χ0v) is 21.7. The van der Waals surface area contributed by atoms with E-state index in [2.05, 4.69) is 64.2 Å². The van der Waals surface area contributed by atoms with Gasteiger partial charge in [0.1, 0.15) is 0 Å². The maximum atomic E-state index is 12.5. The van der Waals surface area contributed by atoms with Crippen LogP contribution in [0.4, 0.5) is 10.5 Å². The van der Waals surface area contributed by atoms with Crippen LogP contribution in [0.15, 0.2) is 84.9 Å². The Labute approximate surface area is 220 Å². The number of amides is 3. The number of carbonyl (C=O) groups is 2. The highest BCUT2D eigenvalue weighted by atomic mass is 16.2. The van der Waals surface area contributed by atoms with Crippen molar-refractivity contribution in [3.05, 3.63) is 102 Å². The standard InChI is InChI=1S/C31H38N4O2/c1-2-3-19-32-31(37)34-28-16-10-15-27(22-28)29(25-11-6-4-7-12-25)35-20-17-24(18-21-35)23-33-30(36)26-13-8-5-9-14-26/h4-16,22,24,29H,2-3,17-21,23H2,1H3,(H,33,36)(H2,32,34,37). The van der Waals surface area contributed by atoms with Gasteiger partial charge in [-0.05, 0) is 73.7 Å². The van der Waals surface area contributed by atoms with Crippen LogP contribution in [0.2, 0.25) is 0 Å². The molecule has 3 aromatic carbocycles. The monoisotopic (exact) mass is 498 g/mol. The lowest BCUT2D eigenvalue weighted by atomic mass is 9.91. The predicted molar refractivity (Wildman–Crippen MR) is 150 cm³/mol. The first-order valence-corrected chi connectivity index (χ1v) is 13.4. The van der Waals surface area contributed by atoms with Crippen molar-refractivity contribution in [2.24, 2.45) is 5.92 Å². The van der Waals surface area contributed by atoms with Crippen molar-refractivity contribution in [2.45, 2.75) is 38.6 Å². The van der Waals surface area contributed by atoms with Gasteiger partial charge in [0.05, 0.1) is 6.04 Å². The van der Waals surface area contributed by atoms with Crippen LogP contribution in [-0.2, 0) is 0 Å². The third-order valence-corrected chi connectivity index (χ3v) is 6.99. The third-order valence-electron chi connectivity index (χ3n) is 6.99. The molecule has 1 fully saturated rings. The molecule has 3 aromatic rings. The van der Waals surface area contributed by atoms with E-state index in [1.807, 2.05) is 48.5 Å². The van der Waals surface area contributed by atoms with E-state index in [0.717, 1.165) is 50.0 Å². The summed E-state index contributed by atoms with van der Waals surface area (Å²) in [5, 5.41) is 9.03. The molecule has 1 aliphatic heterocycles. The van der Waals surface area contributed by atoms with Gasteiger partial charge in [0.2, 0.25) is 0 Å². The largest absolute Gasteiger partial charge is 0.352 e. The van der Waals surface area contributed by atoms with Crippen LogP contribution in [0.3, 0.4) is 0 Å². The Balaban J connectivity index is 1.40. The molecule has 6 heteroatoms. The lowest BCUT2D eigenvalue weighted by Gasteiger charge is -2.38. The second kappa shape index (κ2) is 13.6. The molecule has 1 atom stereocenters. The van der Waals surface area contributed by atoms with Gasteiger partial charge in [-0.3, -0.25) is 9.69 Å². The van der Waals surface area contributed by atoms with Gasteiger partial charge in [-0.15, -0.1) is 0 Å². The summed E-state index contributed by atoms with van der Waals surface area (Å²) in [6, 6.07) is 28.1. The lowest BCUT2D eigenvalue weighted by molar-refractivity contribution is 0.0930. The van der Waals surface area contributed by atoms with Crippen LogP contribution in [-0.4, -0.2) is 43.0 Å². The van der Waals surface area contributed by atoms with Gasteiger partial charge in [-0.1, -0.05) is 74.0 Å². The van der Waals surface area contributed by atoms with E-state index >= 15 is 0 Å². The fourth-order valence-corrected chi connectivity index (χ4v) is 4.93. The Morgan fingerprint density at radius 1 is 0.865 bits per heavy atom. The number of benzene rings is 3. The summed E-state index contributed by atoms with van der Waals surface area (Å²) in [6.45, 7) is 5.37. The molecule has 37 heavy (non-hydrogen) atoms. The highest BCUT2D eigenvalue weighted by Crippen LogP contribution is 2.33. The van der Waals surface area contributed by atoms with Crippen LogP contribution in [0.25, 0.3) is 0 Å². The number of piperidine rings is 1. The maximum absolute atomic E-state index is 12.5. The number of likely N-dealkylation sites (tertiary alicyclic amines) is 1. The van der Waals surface area contributed by atoms with E-state index in [1.54, 1.807) is 0 Å². The van der Waals surface area contributed by atoms with Crippen molar-refractivity contribution in [3.63, 3.8) is 0 Å².